The van der Waals surface area contributed by atoms with Gasteiger partial charge in [-0.1, -0.05) is 19.9 Å². The molecular weight excluding hydrogens is 380 g/mol. The van der Waals surface area contributed by atoms with Crippen molar-refractivity contribution >= 4 is 5.96 Å². The van der Waals surface area contributed by atoms with Crippen LogP contribution in [-0.4, -0.2) is 88.5 Å². The molecule has 2 aliphatic rings. The molecule has 2 saturated heterocycles. The summed E-state index contributed by atoms with van der Waals surface area (Å²) in [6.45, 7) is 14.0. The average molecular weight is 419 g/mol. The fourth-order valence-electron chi connectivity index (χ4n) is 4.22. The predicted octanol–water partition coefficient (Wildman–Crippen LogP) is 2.35. The van der Waals surface area contributed by atoms with E-state index in [9.17, 15) is 0 Å². The molecule has 2 fully saturated rings. The third-order valence-corrected chi connectivity index (χ3v) is 6.15. The SMILES string of the molecule is CCNC(=NCC(C)(C)c1ccc(OC)c(OC)c1)N1CCC(N2CCOCC2)C1. The molecule has 1 unspecified atom stereocenters. The van der Waals surface area contributed by atoms with Gasteiger partial charge in [0.1, 0.15) is 0 Å². The third-order valence-electron chi connectivity index (χ3n) is 6.15. The Morgan fingerprint density at radius 1 is 1.17 bits per heavy atom. The first-order chi connectivity index (χ1) is 14.5. The molecule has 3 rings (SSSR count). The average Bonchev–Trinajstić information content (AvgIpc) is 3.27. The monoisotopic (exact) mass is 418 g/mol. The van der Waals surface area contributed by atoms with E-state index in [0.717, 1.165) is 63.4 Å². The van der Waals surface area contributed by atoms with Crippen LogP contribution in [-0.2, 0) is 10.2 Å². The van der Waals surface area contributed by atoms with Crippen LogP contribution in [0.2, 0.25) is 0 Å². The van der Waals surface area contributed by atoms with E-state index in [-0.39, 0.29) is 5.41 Å². The van der Waals surface area contributed by atoms with Crippen molar-refractivity contribution < 1.29 is 14.2 Å². The zero-order valence-corrected chi connectivity index (χ0v) is 19.2. The Hall–Kier alpha value is -1.99. The summed E-state index contributed by atoms with van der Waals surface area (Å²) < 4.78 is 16.4. The molecule has 2 aliphatic heterocycles. The smallest absolute Gasteiger partial charge is 0.193 e. The first-order valence-electron chi connectivity index (χ1n) is 11.1. The Bertz CT molecular complexity index is 716. The van der Waals surface area contributed by atoms with Gasteiger partial charge in [-0.3, -0.25) is 9.89 Å². The Labute approximate surface area is 181 Å². The molecular formula is C23H38N4O3. The summed E-state index contributed by atoms with van der Waals surface area (Å²) in [6, 6.07) is 6.73. The maximum Gasteiger partial charge on any atom is 0.193 e. The lowest BCUT2D eigenvalue weighted by Crippen LogP contribution is -2.47. The lowest BCUT2D eigenvalue weighted by atomic mass is 9.84. The highest BCUT2D eigenvalue weighted by atomic mass is 16.5. The van der Waals surface area contributed by atoms with Gasteiger partial charge in [0.25, 0.3) is 0 Å². The van der Waals surface area contributed by atoms with E-state index >= 15 is 0 Å². The maximum atomic E-state index is 5.51. The zero-order chi connectivity index (χ0) is 21.6. The molecule has 1 aromatic rings. The summed E-state index contributed by atoms with van der Waals surface area (Å²) in [7, 11) is 3.34. The molecule has 7 heteroatoms. The van der Waals surface area contributed by atoms with E-state index in [2.05, 4.69) is 48.0 Å². The van der Waals surface area contributed by atoms with Gasteiger partial charge in [0, 0.05) is 44.2 Å². The molecule has 1 N–H and O–H groups in total. The molecule has 168 valence electrons. The molecule has 7 nitrogen and oxygen atoms in total. The van der Waals surface area contributed by atoms with Gasteiger partial charge in [-0.25, -0.2) is 0 Å². The number of hydrogen-bond donors (Lipinski definition) is 1. The molecule has 1 aromatic carbocycles. The minimum absolute atomic E-state index is 0.121. The van der Waals surface area contributed by atoms with E-state index in [1.807, 2.05) is 6.07 Å². The van der Waals surface area contributed by atoms with Crippen molar-refractivity contribution in [2.75, 3.05) is 66.7 Å². The summed E-state index contributed by atoms with van der Waals surface area (Å²) in [6.07, 6.45) is 1.18. The standard InChI is InChI=1S/C23H38N4O3/c1-6-24-22(27-10-9-19(16-27)26-11-13-30-14-12-26)25-17-23(2,3)18-7-8-20(28-4)21(15-18)29-5/h7-8,15,19H,6,9-14,16-17H2,1-5H3,(H,24,25). The quantitative estimate of drug-likeness (QED) is 0.542. The Morgan fingerprint density at radius 3 is 2.57 bits per heavy atom. The van der Waals surface area contributed by atoms with Crippen LogP contribution in [0.4, 0.5) is 0 Å². The van der Waals surface area contributed by atoms with Crippen LogP contribution in [0.25, 0.3) is 0 Å². The highest BCUT2D eigenvalue weighted by Gasteiger charge is 2.31. The number of ether oxygens (including phenoxy) is 3. The van der Waals surface area contributed by atoms with Crippen molar-refractivity contribution in [1.82, 2.24) is 15.1 Å². The summed E-state index contributed by atoms with van der Waals surface area (Å²) >= 11 is 0. The molecule has 0 radical (unpaired) electrons. The highest BCUT2D eigenvalue weighted by molar-refractivity contribution is 5.80. The van der Waals surface area contributed by atoms with Crippen LogP contribution in [0.15, 0.2) is 23.2 Å². The molecule has 2 heterocycles. The first-order valence-corrected chi connectivity index (χ1v) is 11.1. The molecule has 0 spiro atoms. The minimum atomic E-state index is -0.121. The third kappa shape index (κ3) is 5.38. The van der Waals surface area contributed by atoms with Gasteiger partial charge in [0.2, 0.25) is 0 Å². The number of guanidine groups is 1. The number of rotatable bonds is 7. The molecule has 0 amide bonds. The van der Waals surface area contributed by atoms with Crippen LogP contribution < -0.4 is 14.8 Å². The Morgan fingerprint density at radius 2 is 1.90 bits per heavy atom. The summed E-state index contributed by atoms with van der Waals surface area (Å²) in [5, 5.41) is 3.50. The Kier molecular flexibility index (Phi) is 7.83. The first kappa shape index (κ1) is 22.7. The zero-order valence-electron chi connectivity index (χ0n) is 19.2. The topological polar surface area (TPSA) is 58.6 Å². The van der Waals surface area contributed by atoms with E-state index in [1.54, 1.807) is 14.2 Å². The number of benzene rings is 1. The molecule has 0 bridgehead atoms. The number of nitrogens with one attached hydrogen (secondary N) is 1. The lowest BCUT2D eigenvalue weighted by molar-refractivity contribution is 0.0195. The molecule has 1 atom stereocenters. The van der Waals surface area contributed by atoms with Crippen molar-refractivity contribution in [2.24, 2.45) is 4.99 Å². The largest absolute Gasteiger partial charge is 0.493 e. The molecule has 30 heavy (non-hydrogen) atoms. The summed E-state index contributed by atoms with van der Waals surface area (Å²) in [5.41, 5.74) is 1.07. The van der Waals surface area contributed by atoms with E-state index < -0.39 is 0 Å². The van der Waals surface area contributed by atoms with Crippen LogP contribution in [0.3, 0.4) is 0 Å². The van der Waals surface area contributed by atoms with Crippen molar-refractivity contribution in [3.63, 3.8) is 0 Å². The van der Waals surface area contributed by atoms with E-state index in [1.165, 1.54) is 12.0 Å². The molecule has 0 aromatic heterocycles. The fourth-order valence-corrected chi connectivity index (χ4v) is 4.22. The number of methoxy groups -OCH3 is 2. The minimum Gasteiger partial charge on any atom is -0.493 e. The maximum absolute atomic E-state index is 5.51. The molecule has 0 aliphatic carbocycles. The van der Waals surface area contributed by atoms with E-state index in [4.69, 9.17) is 19.2 Å². The van der Waals surface area contributed by atoms with E-state index in [0.29, 0.717) is 12.6 Å². The normalized spacial score (nSPS) is 21.0. The van der Waals surface area contributed by atoms with Gasteiger partial charge in [-0.2, -0.15) is 0 Å². The van der Waals surface area contributed by atoms with Gasteiger partial charge >= 0.3 is 0 Å². The second kappa shape index (κ2) is 10.4. The van der Waals surface area contributed by atoms with Crippen LogP contribution >= 0.6 is 0 Å². The fraction of sp³-hybridized carbons (Fsp3) is 0.696. The highest BCUT2D eigenvalue weighted by Crippen LogP contribution is 2.33. The predicted molar refractivity (Wildman–Crippen MR) is 121 cm³/mol. The van der Waals surface area contributed by atoms with Crippen molar-refractivity contribution in [3.05, 3.63) is 23.8 Å². The number of aliphatic imine (C=N–C) groups is 1. The van der Waals surface area contributed by atoms with Crippen LogP contribution in [0.1, 0.15) is 32.8 Å². The summed E-state index contributed by atoms with van der Waals surface area (Å²) in [5.74, 6) is 2.52. The lowest BCUT2D eigenvalue weighted by Gasteiger charge is -2.32. The van der Waals surface area contributed by atoms with Gasteiger partial charge in [0.05, 0.1) is 34.0 Å². The molecule has 0 saturated carbocycles. The number of nitrogens with zero attached hydrogens (tertiary/aromatic N) is 3. The number of morpholine rings is 1. The van der Waals surface area contributed by atoms with Crippen molar-refractivity contribution in [2.45, 2.75) is 38.6 Å². The van der Waals surface area contributed by atoms with Gasteiger partial charge in [-0.05, 0) is 31.0 Å². The van der Waals surface area contributed by atoms with Crippen LogP contribution in [0, 0.1) is 0 Å². The van der Waals surface area contributed by atoms with Crippen LogP contribution in [0.5, 0.6) is 11.5 Å². The second-order valence-electron chi connectivity index (χ2n) is 8.66. The van der Waals surface area contributed by atoms with Gasteiger partial charge in [-0.15, -0.1) is 0 Å². The van der Waals surface area contributed by atoms with Crippen molar-refractivity contribution in [1.29, 1.82) is 0 Å². The number of likely N-dealkylation sites (tertiary alicyclic amines) is 1. The number of hydrogen-bond acceptors (Lipinski definition) is 5. The van der Waals surface area contributed by atoms with Crippen molar-refractivity contribution in [3.8, 4) is 11.5 Å². The Balaban J connectivity index is 1.69. The second-order valence-corrected chi connectivity index (χ2v) is 8.66. The van der Waals surface area contributed by atoms with Gasteiger partial charge in [0.15, 0.2) is 17.5 Å². The van der Waals surface area contributed by atoms with Gasteiger partial charge < -0.3 is 24.4 Å². The summed E-state index contributed by atoms with van der Waals surface area (Å²) in [4.78, 5) is 10.0.